The summed E-state index contributed by atoms with van der Waals surface area (Å²) in [5, 5.41) is 4.15. The van der Waals surface area contributed by atoms with Crippen LogP contribution in [0.15, 0.2) is 30.6 Å². The van der Waals surface area contributed by atoms with Crippen molar-refractivity contribution in [1.82, 2.24) is 24.8 Å². The first-order chi connectivity index (χ1) is 14.9. The summed E-state index contributed by atoms with van der Waals surface area (Å²) in [4.78, 5) is 24.3. The molecule has 1 fully saturated rings. The van der Waals surface area contributed by atoms with Crippen molar-refractivity contribution in [2.75, 3.05) is 19.3 Å². The van der Waals surface area contributed by atoms with Crippen LogP contribution in [-0.2, 0) is 6.54 Å². The first kappa shape index (κ1) is 21.2. The van der Waals surface area contributed by atoms with Gasteiger partial charge in [0, 0.05) is 24.2 Å². The van der Waals surface area contributed by atoms with Crippen LogP contribution in [0.2, 0.25) is 5.02 Å². The maximum absolute atomic E-state index is 13.4. The van der Waals surface area contributed by atoms with Crippen molar-refractivity contribution in [3.05, 3.63) is 52.4 Å². The smallest absolute Gasteiger partial charge is 0.255 e. The maximum Gasteiger partial charge on any atom is 0.255 e. The molecule has 2 unspecified atom stereocenters. The van der Waals surface area contributed by atoms with Crippen LogP contribution in [0.4, 0.5) is 5.82 Å². The monoisotopic (exact) mass is 436 g/mol. The fourth-order valence-electron chi connectivity index (χ4n) is 4.24. The molecule has 1 aliphatic rings. The number of hydrogen-bond acceptors (Lipinski definition) is 5. The van der Waals surface area contributed by atoms with Crippen molar-refractivity contribution in [1.29, 1.82) is 0 Å². The molecule has 1 amide bonds. The Kier molecular flexibility index (Phi) is 5.86. The van der Waals surface area contributed by atoms with Gasteiger partial charge in [-0.15, -0.1) is 0 Å². The highest BCUT2D eigenvalue weighted by Gasteiger charge is 2.33. The maximum atomic E-state index is 13.4. The summed E-state index contributed by atoms with van der Waals surface area (Å²) in [6.07, 6.45) is 2.37. The van der Waals surface area contributed by atoms with E-state index in [0.717, 1.165) is 18.5 Å². The second kappa shape index (κ2) is 8.58. The number of likely N-dealkylation sites (N-methyl/N-ethyl adjacent to an activating group) is 1. The van der Waals surface area contributed by atoms with E-state index in [1.165, 1.54) is 6.33 Å². The zero-order chi connectivity index (χ0) is 22.1. The quantitative estimate of drug-likeness (QED) is 0.613. The Balaban J connectivity index is 1.81. The molecule has 3 aromatic rings. The number of hydrogen-bond donors (Lipinski definition) is 2. The second-order valence-corrected chi connectivity index (χ2v) is 8.35. The Morgan fingerprint density at radius 3 is 2.87 bits per heavy atom. The molecule has 31 heavy (non-hydrogen) atoms. The lowest BCUT2D eigenvalue weighted by Crippen LogP contribution is -2.24. The van der Waals surface area contributed by atoms with Gasteiger partial charge in [-0.1, -0.05) is 29.7 Å². The number of nitrogens with one attached hydrogen (secondary N) is 1. The number of nitrogen functional groups attached to an aromatic ring is 1. The van der Waals surface area contributed by atoms with E-state index in [1.807, 2.05) is 18.2 Å². The van der Waals surface area contributed by atoms with Crippen molar-refractivity contribution >= 4 is 34.4 Å². The molecule has 0 saturated carbocycles. The standard InChI is InChI=1S/C23H25ClN6O/c1-4-6-18-19(23(31)26-11-15-7-5-8-16(24)10-15)20-21(25)27-13-28-22(20)30(18)17-9-14(2)29(3)12-17/h5,7-8,10,13-14,17H,9,11-12H2,1-3H3,(H,26,31)(H2,25,27,28). The molecule has 7 nitrogen and oxygen atoms in total. The Hall–Kier alpha value is -3.08. The number of carbonyl (C=O) groups excluding carboxylic acids is 1. The lowest BCUT2D eigenvalue weighted by Gasteiger charge is -2.15. The zero-order valence-corrected chi connectivity index (χ0v) is 18.6. The third-order valence-electron chi connectivity index (χ3n) is 5.85. The van der Waals surface area contributed by atoms with E-state index in [-0.39, 0.29) is 17.8 Å². The minimum atomic E-state index is -0.262. The molecule has 0 aliphatic carbocycles. The van der Waals surface area contributed by atoms with Gasteiger partial charge in [0.15, 0.2) is 0 Å². The number of carbonyl (C=O) groups is 1. The fraction of sp³-hybridized carbons (Fsp3) is 0.348. The van der Waals surface area contributed by atoms with Crippen LogP contribution in [0.1, 0.15) is 47.9 Å². The van der Waals surface area contributed by atoms with Crippen LogP contribution in [0.5, 0.6) is 0 Å². The van der Waals surface area contributed by atoms with Crippen molar-refractivity contribution in [3.63, 3.8) is 0 Å². The van der Waals surface area contributed by atoms with Crippen LogP contribution in [0.3, 0.4) is 0 Å². The number of rotatable bonds is 4. The largest absolute Gasteiger partial charge is 0.383 e. The summed E-state index contributed by atoms with van der Waals surface area (Å²) >= 11 is 6.07. The minimum Gasteiger partial charge on any atom is -0.383 e. The number of anilines is 1. The molecule has 3 N–H and O–H groups in total. The lowest BCUT2D eigenvalue weighted by molar-refractivity contribution is 0.0952. The van der Waals surface area contributed by atoms with Crippen LogP contribution in [0, 0.1) is 11.8 Å². The van der Waals surface area contributed by atoms with Gasteiger partial charge in [0.2, 0.25) is 0 Å². The van der Waals surface area contributed by atoms with Crippen LogP contribution in [-0.4, -0.2) is 45.0 Å². The van der Waals surface area contributed by atoms with Gasteiger partial charge >= 0.3 is 0 Å². The predicted molar refractivity (Wildman–Crippen MR) is 123 cm³/mol. The lowest BCUT2D eigenvalue weighted by atomic mass is 10.1. The molecule has 160 valence electrons. The highest BCUT2D eigenvalue weighted by atomic mass is 35.5. The molecule has 1 aromatic carbocycles. The van der Waals surface area contributed by atoms with Crippen LogP contribution < -0.4 is 11.1 Å². The number of benzene rings is 1. The van der Waals surface area contributed by atoms with Gasteiger partial charge in [-0.05, 0) is 50.9 Å². The zero-order valence-electron chi connectivity index (χ0n) is 17.8. The van der Waals surface area contributed by atoms with E-state index < -0.39 is 0 Å². The molecule has 3 heterocycles. The van der Waals surface area contributed by atoms with Crippen molar-refractivity contribution in [3.8, 4) is 11.8 Å². The van der Waals surface area contributed by atoms with E-state index in [0.29, 0.717) is 39.9 Å². The summed E-state index contributed by atoms with van der Waals surface area (Å²) in [5.41, 5.74) is 8.83. The van der Waals surface area contributed by atoms with Gasteiger partial charge in [-0.3, -0.25) is 4.79 Å². The van der Waals surface area contributed by atoms with E-state index in [2.05, 4.69) is 50.6 Å². The van der Waals surface area contributed by atoms with Gasteiger partial charge < -0.3 is 20.5 Å². The Labute approximate surface area is 186 Å². The number of amides is 1. The summed E-state index contributed by atoms with van der Waals surface area (Å²) in [7, 11) is 2.10. The molecule has 0 spiro atoms. The number of halogens is 1. The molecule has 1 saturated heterocycles. The second-order valence-electron chi connectivity index (χ2n) is 7.92. The molecule has 0 radical (unpaired) electrons. The number of nitrogens with zero attached hydrogens (tertiary/aromatic N) is 4. The van der Waals surface area contributed by atoms with Gasteiger partial charge in [0.05, 0.1) is 17.0 Å². The van der Waals surface area contributed by atoms with Crippen molar-refractivity contribution in [2.45, 2.75) is 38.9 Å². The molecule has 8 heteroatoms. The number of aromatic nitrogens is 3. The first-order valence-corrected chi connectivity index (χ1v) is 10.6. The molecule has 2 atom stereocenters. The fourth-order valence-corrected chi connectivity index (χ4v) is 4.45. The predicted octanol–water partition coefficient (Wildman–Crippen LogP) is 3.23. The summed E-state index contributed by atoms with van der Waals surface area (Å²) in [6, 6.07) is 7.95. The van der Waals surface area contributed by atoms with Crippen LogP contribution in [0.25, 0.3) is 11.0 Å². The van der Waals surface area contributed by atoms with Gasteiger partial charge in [-0.2, -0.15) is 0 Å². The van der Waals surface area contributed by atoms with Crippen molar-refractivity contribution < 1.29 is 4.79 Å². The molecule has 1 aliphatic heterocycles. The van der Waals surface area contributed by atoms with Gasteiger partial charge in [0.25, 0.3) is 5.91 Å². The third kappa shape index (κ3) is 3.97. The topological polar surface area (TPSA) is 89.1 Å². The molecule has 2 aromatic heterocycles. The van der Waals surface area contributed by atoms with Crippen molar-refractivity contribution in [2.24, 2.45) is 0 Å². The number of nitrogens with two attached hydrogens (primary N) is 1. The Morgan fingerprint density at radius 1 is 1.39 bits per heavy atom. The minimum absolute atomic E-state index is 0.141. The van der Waals surface area contributed by atoms with Gasteiger partial charge in [-0.25, -0.2) is 9.97 Å². The molecule has 4 rings (SSSR count). The molecule has 0 bridgehead atoms. The van der Waals surface area contributed by atoms with Gasteiger partial charge in [0.1, 0.15) is 23.5 Å². The Morgan fingerprint density at radius 2 is 2.19 bits per heavy atom. The number of fused-ring (bicyclic) bond motifs is 1. The third-order valence-corrected chi connectivity index (χ3v) is 6.09. The van der Waals surface area contributed by atoms with E-state index >= 15 is 0 Å². The normalized spacial score (nSPS) is 18.7. The van der Waals surface area contributed by atoms with E-state index in [4.69, 9.17) is 17.3 Å². The summed E-state index contributed by atoms with van der Waals surface area (Å²) < 4.78 is 2.07. The average molecular weight is 437 g/mol. The highest BCUT2D eigenvalue weighted by molar-refractivity contribution is 6.30. The first-order valence-electron chi connectivity index (χ1n) is 10.2. The number of likely N-dealkylation sites (tertiary alicyclic amines) is 1. The molecular formula is C23H25ClN6O. The highest BCUT2D eigenvalue weighted by Crippen LogP contribution is 2.35. The average Bonchev–Trinajstić information content (AvgIpc) is 3.24. The van der Waals surface area contributed by atoms with E-state index in [9.17, 15) is 4.79 Å². The summed E-state index contributed by atoms with van der Waals surface area (Å²) in [6.45, 7) is 5.13. The Bertz CT molecular complexity index is 1200. The summed E-state index contributed by atoms with van der Waals surface area (Å²) in [5.74, 6) is 6.11. The van der Waals surface area contributed by atoms with Crippen LogP contribution >= 0.6 is 11.6 Å². The van der Waals surface area contributed by atoms with E-state index in [1.54, 1.807) is 13.0 Å². The molecular weight excluding hydrogens is 412 g/mol. The SMILES string of the molecule is CC#Cc1c(C(=O)NCc2cccc(Cl)c2)c2c(N)ncnc2n1C1CC(C)N(C)C1.